The van der Waals surface area contributed by atoms with Gasteiger partial charge in [-0.3, -0.25) is 4.79 Å². The zero-order chi connectivity index (χ0) is 37.4. The fourth-order valence-corrected chi connectivity index (χ4v) is 6.89. The van der Waals surface area contributed by atoms with Crippen molar-refractivity contribution >= 4 is 5.91 Å². The molecule has 1 saturated heterocycles. The van der Waals surface area contributed by atoms with Gasteiger partial charge in [-0.1, -0.05) is 168 Å². The first-order valence-electron chi connectivity index (χ1n) is 21.5. The van der Waals surface area contributed by atoms with E-state index in [1.807, 2.05) is 0 Å². The summed E-state index contributed by atoms with van der Waals surface area (Å²) in [6.07, 6.45) is 25.2. The van der Waals surface area contributed by atoms with E-state index >= 15 is 0 Å². The fourth-order valence-electron chi connectivity index (χ4n) is 6.89. The zero-order valence-corrected chi connectivity index (χ0v) is 32.9. The van der Waals surface area contributed by atoms with Crippen LogP contribution < -0.4 is 10.6 Å². The zero-order valence-electron chi connectivity index (χ0n) is 32.9. The van der Waals surface area contributed by atoms with Crippen LogP contribution in [0.3, 0.4) is 0 Å². The molecule has 1 amide bonds. The Bertz CT molecular complexity index is 776. The van der Waals surface area contributed by atoms with Crippen molar-refractivity contribution in [2.24, 2.45) is 0 Å². The molecule has 10 heteroatoms. The molecule has 1 rings (SSSR count). The number of nitrogens with one attached hydrogen (secondary N) is 2. The smallest absolute Gasteiger partial charge is 0.220 e. The third-order valence-electron chi connectivity index (χ3n) is 10.4. The molecular formula is C41H82N2O8. The average Bonchev–Trinajstić information content (AvgIpc) is 3.13. The molecule has 1 aliphatic rings. The minimum absolute atomic E-state index is 0.170. The van der Waals surface area contributed by atoms with E-state index < -0.39 is 49.5 Å². The summed E-state index contributed by atoms with van der Waals surface area (Å²) in [6.45, 7) is 4.81. The van der Waals surface area contributed by atoms with Crippen LogP contribution in [-0.2, 0) is 14.3 Å². The Labute approximate surface area is 312 Å². The minimum Gasteiger partial charge on any atom is -0.394 e. The average molecular weight is 731 g/mol. The van der Waals surface area contributed by atoms with Gasteiger partial charge in [0, 0.05) is 13.0 Å². The van der Waals surface area contributed by atoms with Gasteiger partial charge in [0.05, 0.1) is 25.4 Å². The molecule has 7 N–H and O–H groups in total. The predicted octanol–water partition coefficient (Wildman–Crippen LogP) is 6.81. The number of rotatable bonds is 36. The minimum atomic E-state index is -1.56. The lowest BCUT2D eigenvalue weighted by atomic mass is 9.99. The Hall–Kier alpha value is -0.850. The number of unbranched alkanes of at least 4 members (excludes halogenated alkanes) is 24. The van der Waals surface area contributed by atoms with Crippen molar-refractivity contribution in [3.8, 4) is 0 Å². The van der Waals surface area contributed by atoms with Gasteiger partial charge in [0.2, 0.25) is 5.91 Å². The summed E-state index contributed by atoms with van der Waals surface area (Å²) < 4.78 is 11.2. The molecule has 304 valence electrons. The highest BCUT2D eigenvalue weighted by Gasteiger charge is 2.44. The molecule has 1 heterocycles. The van der Waals surface area contributed by atoms with Crippen LogP contribution in [0.15, 0.2) is 0 Å². The van der Waals surface area contributed by atoms with E-state index in [9.17, 15) is 30.3 Å². The number of ether oxygens (including phenoxy) is 2. The number of amides is 1. The molecule has 0 radical (unpaired) electrons. The summed E-state index contributed by atoms with van der Waals surface area (Å²) in [6, 6.07) is -0.772. The predicted molar refractivity (Wildman–Crippen MR) is 207 cm³/mol. The maximum atomic E-state index is 12.9. The van der Waals surface area contributed by atoms with Gasteiger partial charge in [-0.25, -0.2) is 0 Å². The van der Waals surface area contributed by atoms with E-state index in [1.165, 1.54) is 135 Å². The second-order valence-corrected chi connectivity index (χ2v) is 15.2. The van der Waals surface area contributed by atoms with Crippen LogP contribution in [0.2, 0.25) is 0 Å². The highest BCUT2D eigenvalue weighted by molar-refractivity contribution is 5.76. The standard InChI is InChI=1S/C41H82N2O8/c1-3-5-7-9-11-13-15-17-18-19-21-23-25-27-29-37(46)43-34(33-50-41-40(49)39(48)38(47)36(32-44)51-41)35(45)31-42-30-28-26-24-22-20-16-14-12-10-8-6-4-2/h34-36,38-42,44-45,47-49H,3-33H2,1-2H3,(H,43,46)/t34-,35+,36+,38-,39-,40+,41+/m0/s1. The normalized spacial score (nSPS) is 21.9. The summed E-state index contributed by atoms with van der Waals surface area (Å²) in [7, 11) is 0. The maximum absolute atomic E-state index is 12.9. The molecule has 1 fully saturated rings. The van der Waals surface area contributed by atoms with Crippen molar-refractivity contribution in [3.63, 3.8) is 0 Å². The van der Waals surface area contributed by atoms with Crippen LogP contribution >= 0.6 is 0 Å². The molecule has 0 aromatic heterocycles. The molecule has 0 saturated carbocycles. The first-order chi connectivity index (χ1) is 24.8. The fraction of sp³-hybridized carbons (Fsp3) is 0.976. The third-order valence-corrected chi connectivity index (χ3v) is 10.4. The number of hydrogen-bond donors (Lipinski definition) is 7. The molecule has 0 aliphatic carbocycles. The molecule has 0 aromatic carbocycles. The lowest BCUT2D eigenvalue weighted by Gasteiger charge is -2.40. The van der Waals surface area contributed by atoms with Gasteiger partial charge in [-0.15, -0.1) is 0 Å². The van der Waals surface area contributed by atoms with E-state index in [4.69, 9.17) is 9.47 Å². The van der Waals surface area contributed by atoms with Gasteiger partial charge in [-0.2, -0.15) is 0 Å². The van der Waals surface area contributed by atoms with Crippen LogP contribution in [0.4, 0.5) is 0 Å². The second kappa shape index (κ2) is 33.7. The molecule has 0 spiro atoms. The monoisotopic (exact) mass is 731 g/mol. The largest absolute Gasteiger partial charge is 0.394 e. The van der Waals surface area contributed by atoms with Gasteiger partial charge in [0.25, 0.3) is 0 Å². The van der Waals surface area contributed by atoms with E-state index in [0.717, 1.165) is 38.6 Å². The topological polar surface area (TPSA) is 161 Å². The van der Waals surface area contributed by atoms with Crippen LogP contribution in [-0.4, -0.2) is 101 Å². The van der Waals surface area contributed by atoms with Gasteiger partial charge >= 0.3 is 0 Å². The number of aliphatic hydroxyl groups excluding tert-OH is 5. The number of carbonyl (C=O) groups excluding carboxylic acids is 1. The molecule has 1 aliphatic heterocycles. The summed E-state index contributed by atoms with van der Waals surface area (Å²) in [4.78, 5) is 12.9. The van der Waals surface area contributed by atoms with Crippen molar-refractivity contribution in [2.45, 2.75) is 230 Å². The van der Waals surface area contributed by atoms with Crippen molar-refractivity contribution in [1.29, 1.82) is 0 Å². The second-order valence-electron chi connectivity index (χ2n) is 15.2. The molecule has 7 atom stereocenters. The van der Waals surface area contributed by atoms with E-state index in [0.29, 0.717) is 6.42 Å². The number of hydrogen-bond acceptors (Lipinski definition) is 9. The molecule has 0 bridgehead atoms. The lowest BCUT2D eigenvalue weighted by Crippen LogP contribution is -2.60. The van der Waals surface area contributed by atoms with Crippen molar-refractivity contribution in [2.75, 3.05) is 26.3 Å². The maximum Gasteiger partial charge on any atom is 0.220 e. The van der Waals surface area contributed by atoms with Crippen molar-refractivity contribution in [1.82, 2.24) is 10.6 Å². The van der Waals surface area contributed by atoms with Gasteiger partial charge in [0.15, 0.2) is 6.29 Å². The summed E-state index contributed by atoms with van der Waals surface area (Å²) in [5.74, 6) is -0.170. The first-order valence-corrected chi connectivity index (χ1v) is 21.5. The van der Waals surface area contributed by atoms with Crippen LogP contribution in [0, 0.1) is 0 Å². The van der Waals surface area contributed by atoms with Crippen molar-refractivity contribution < 1.29 is 39.8 Å². The summed E-state index contributed by atoms with van der Waals surface area (Å²) in [5.41, 5.74) is 0. The van der Waals surface area contributed by atoms with Gasteiger partial charge < -0.3 is 45.6 Å². The van der Waals surface area contributed by atoms with Crippen LogP contribution in [0.5, 0.6) is 0 Å². The van der Waals surface area contributed by atoms with E-state index in [2.05, 4.69) is 24.5 Å². The Kier molecular flexibility index (Phi) is 31.8. The van der Waals surface area contributed by atoms with E-state index in [1.54, 1.807) is 0 Å². The Morgan fingerprint density at radius 1 is 0.627 bits per heavy atom. The molecule has 51 heavy (non-hydrogen) atoms. The van der Waals surface area contributed by atoms with Gasteiger partial charge in [-0.05, 0) is 19.4 Å². The Morgan fingerprint density at radius 3 is 1.51 bits per heavy atom. The highest BCUT2D eigenvalue weighted by Crippen LogP contribution is 2.22. The third kappa shape index (κ3) is 25.0. The summed E-state index contributed by atoms with van der Waals surface area (Å²) in [5, 5.41) is 57.4. The molecule has 0 unspecified atom stereocenters. The number of aliphatic hydroxyl groups is 5. The lowest BCUT2D eigenvalue weighted by molar-refractivity contribution is -0.302. The van der Waals surface area contributed by atoms with Crippen LogP contribution in [0.1, 0.15) is 187 Å². The Morgan fingerprint density at radius 2 is 1.06 bits per heavy atom. The summed E-state index contributed by atoms with van der Waals surface area (Å²) >= 11 is 0. The first kappa shape index (κ1) is 48.2. The SMILES string of the molecule is CCCCCCCCCCCCCCCCC(=O)N[C@@H](CO[C@@H]1O[C@H](CO)[C@H](O)[C@H](O)[C@H]1O)[C@H](O)CNCCCCCCCCCCCCCC. The number of carbonyl (C=O) groups is 1. The van der Waals surface area contributed by atoms with Crippen LogP contribution in [0.25, 0.3) is 0 Å². The van der Waals surface area contributed by atoms with Crippen molar-refractivity contribution in [3.05, 3.63) is 0 Å². The highest BCUT2D eigenvalue weighted by atomic mass is 16.7. The van der Waals surface area contributed by atoms with E-state index in [-0.39, 0.29) is 19.1 Å². The molecule has 10 nitrogen and oxygen atoms in total. The molecule has 0 aromatic rings. The quantitative estimate of drug-likeness (QED) is 0.0344. The molecular weight excluding hydrogens is 648 g/mol. The Balaban J connectivity index is 2.35. The van der Waals surface area contributed by atoms with Gasteiger partial charge in [0.1, 0.15) is 24.4 Å².